The Bertz CT molecular complexity index is 677. The number of imidazole rings is 1. The summed E-state index contributed by atoms with van der Waals surface area (Å²) in [5.41, 5.74) is 3.40. The van der Waals surface area contributed by atoms with E-state index in [4.69, 9.17) is 4.74 Å². The second-order valence-corrected chi connectivity index (χ2v) is 6.17. The molecule has 1 aromatic heterocycles. The minimum atomic E-state index is -0.426. The van der Waals surface area contributed by atoms with E-state index in [1.165, 1.54) is 0 Å². The number of anilines is 2. The maximum atomic E-state index is 11.9. The van der Waals surface area contributed by atoms with Gasteiger partial charge in [0.15, 0.2) is 0 Å². The van der Waals surface area contributed by atoms with Gasteiger partial charge < -0.3 is 14.6 Å². The van der Waals surface area contributed by atoms with Crippen molar-refractivity contribution in [3.8, 4) is 0 Å². The van der Waals surface area contributed by atoms with Gasteiger partial charge >= 0.3 is 6.09 Å². The number of nitrogens with one attached hydrogen (secondary N) is 2. The van der Waals surface area contributed by atoms with Gasteiger partial charge in [0.25, 0.3) is 0 Å². The first kappa shape index (κ1) is 17.1. The summed E-state index contributed by atoms with van der Waals surface area (Å²) >= 11 is 0. The molecule has 2 aromatic rings. The Labute approximate surface area is 137 Å². The molecule has 0 radical (unpaired) electrons. The number of amides is 1. The highest BCUT2D eigenvalue weighted by atomic mass is 16.5. The van der Waals surface area contributed by atoms with Crippen molar-refractivity contribution in [2.75, 3.05) is 30.9 Å². The molecule has 126 valence electrons. The molecule has 0 unspecified atom stereocenters. The van der Waals surface area contributed by atoms with Crippen molar-refractivity contribution in [3.05, 3.63) is 18.0 Å². The number of nitrogens with zero attached hydrogens (tertiary/aromatic N) is 2. The third-order valence-electron chi connectivity index (χ3n) is 3.61. The van der Waals surface area contributed by atoms with Crippen LogP contribution in [-0.2, 0) is 4.74 Å². The van der Waals surface area contributed by atoms with Gasteiger partial charge in [-0.3, -0.25) is 5.32 Å². The molecule has 6 heteroatoms. The van der Waals surface area contributed by atoms with Crippen molar-refractivity contribution in [2.45, 2.75) is 39.5 Å². The highest BCUT2D eigenvalue weighted by Crippen LogP contribution is 2.30. The molecule has 1 aromatic carbocycles. The molecule has 0 atom stereocenters. The van der Waals surface area contributed by atoms with Crippen molar-refractivity contribution < 1.29 is 9.53 Å². The fraction of sp³-hybridized carbons (Fsp3) is 0.529. The fourth-order valence-corrected chi connectivity index (χ4v) is 2.26. The molecule has 23 heavy (non-hydrogen) atoms. The van der Waals surface area contributed by atoms with Gasteiger partial charge in [0.1, 0.15) is 5.82 Å². The predicted octanol–water partition coefficient (Wildman–Crippen LogP) is 4.10. The predicted molar refractivity (Wildman–Crippen MR) is 94.4 cm³/mol. The van der Waals surface area contributed by atoms with Crippen LogP contribution >= 0.6 is 0 Å². The Balaban J connectivity index is 2.29. The Hall–Kier alpha value is -2.24. The number of aromatic amines is 1. The fourth-order valence-electron chi connectivity index (χ4n) is 2.26. The van der Waals surface area contributed by atoms with Gasteiger partial charge in [-0.2, -0.15) is 0 Å². The van der Waals surface area contributed by atoms with Crippen LogP contribution in [0.3, 0.4) is 0 Å². The number of aromatic nitrogens is 2. The molecule has 2 rings (SSSR count). The Morgan fingerprint density at radius 3 is 2.74 bits per heavy atom. The molecule has 1 amide bonds. The lowest BCUT2D eigenvalue weighted by molar-refractivity contribution is 0.160. The van der Waals surface area contributed by atoms with Gasteiger partial charge in [0.05, 0.1) is 29.0 Å². The maximum absolute atomic E-state index is 11.9. The lowest BCUT2D eigenvalue weighted by Gasteiger charge is -2.18. The summed E-state index contributed by atoms with van der Waals surface area (Å²) in [5.74, 6) is 1.26. The van der Waals surface area contributed by atoms with Crippen molar-refractivity contribution in [2.24, 2.45) is 0 Å². The number of benzene rings is 1. The van der Waals surface area contributed by atoms with E-state index in [0.717, 1.165) is 35.4 Å². The zero-order valence-electron chi connectivity index (χ0n) is 14.6. The first-order chi connectivity index (χ1) is 10.9. The number of fused-ring (bicyclic) bond motifs is 1. The van der Waals surface area contributed by atoms with Gasteiger partial charge in [-0.05, 0) is 18.6 Å². The molecule has 0 bridgehead atoms. The summed E-state index contributed by atoms with van der Waals surface area (Å²) in [6.45, 7) is 6.68. The Kier molecular flexibility index (Phi) is 5.47. The molecule has 0 saturated carbocycles. The van der Waals surface area contributed by atoms with Gasteiger partial charge in [-0.1, -0.05) is 27.2 Å². The molecule has 0 fully saturated rings. The summed E-state index contributed by atoms with van der Waals surface area (Å²) in [6, 6.07) is 3.88. The van der Waals surface area contributed by atoms with E-state index in [2.05, 4.69) is 36.1 Å². The minimum absolute atomic E-state index is 0.320. The van der Waals surface area contributed by atoms with Crippen LogP contribution in [0.25, 0.3) is 11.0 Å². The van der Waals surface area contributed by atoms with Crippen LogP contribution in [-0.4, -0.2) is 36.8 Å². The van der Waals surface area contributed by atoms with Crippen LogP contribution in [0.5, 0.6) is 0 Å². The number of unbranched alkanes of at least 4 members (excludes halogenated alkanes) is 1. The monoisotopic (exact) mass is 318 g/mol. The van der Waals surface area contributed by atoms with Crippen LogP contribution in [0, 0.1) is 0 Å². The molecule has 0 aliphatic carbocycles. The summed E-state index contributed by atoms with van der Waals surface area (Å²) in [7, 11) is 3.87. The van der Waals surface area contributed by atoms with Crippen LogP contribution in [0.15, 0.2) is 12.1 Å². The second kappa shape index (κ2) is 7.35. The van der Waals surface area contributed by atoms with Gasteiger partial charge in [-0.25, -0.2) is 9.78 Å². The number of hydrogen-bond acceptors (Lipinski definition) is 4. The number of carbonyl (C=O) groups is 1. The highest BCUT2D eigenvalue weighted by molar-refractivity contribution is 5.95. The molecule has 6 nitrogen and oxygen atoms in total. The third-order valence-corrected chi connectivity index (χ3v) is 3.61. The quantitative estimate of drug-likeness (QED) is 0.787. The average Bonchev–Trinajstić information content (AvgIpc) is 2.89. The number of rotatable bonds is 6. The summed E-state index contributed by atoms with van der Waals surface area (Å²) in [4.78, 5) is 21.8. The van der Waals surface area contributed by atoms with Crippen LogP contribution < -0.4 is 10.2 Å². The summed E-state index contributed by atoms with van der Waals surface area (Å²) < 4.78 is 5.18. The lowest BCUT2D eigenvalue weighted by Crippen LogP contribution is -2.18. The van der Waals surface area contributed by atoms with Crippen molar-refractivity contribution in [3.63, 3.8) is 0 Å². The molecular formula is C17H26N4O2. The first-order valence-electron chi connectivity index (χ1n) is 8.07. The van der Waals surface area contributed by atoms with E-state index in [-0.39, 0.29) is 0 Å². The molecular weight excluding hydrogens is 292 g/mol. The largest absolute Gasteiger partial charge is 0.449 e. The van der Waals surface area contributed by atoms with Crippen LogP contribution in [0.1, 0.15) is 45.4 Å². The normalized spacial score (nSPS) is 11.0. The van der Waals surface area contributed by atoms with Crippen molar-refractivity contribution >= 4 is 28.5 Å². The van der Waals surface area contributed by atoms with E-state index in [1.54, 1.807) is 0 Å². The zero-order valence-corrected chi connectivity index (χ0v) is 14.6. The lowest BCUT2D eigenvalue weighted by atomic mass is 10.2. The van der Waals surface area contributed by atoms with E-state index in [1.807, 2.05) is 31.1 Å². The smallest absolute Gasteiger partial charge is 0.411 e. The molecule has 0 aliphatic rings. The number of carbonyl (C=O) groups excluding carboxylic acids is 1. The maximum Gasteiger partial charge on any atom is 0.411 e. The number of hydrogen-bond donors (Lipinski definition) is 2. The van der Waals surface area contributed by atoms with Crippen molar-refractivity contribution in [1.29, 1.82) is 0 Å². The average molecular weight is 318 g/mol. The van der Waals surface area contributed by atoms with Crippen molar-refractivity contribution in [1.82, 2.24) is 9.97 Å². The van der Waals surface area contributed by atoms with E-state index in [9.17, 15) is 4.79 Å². The molecule has 0 spiro atoms. The Morgan fingerprint density at radius 1 is 1.39 bits per heavy atom. The number of ether oxygens (including phenoxy) is 1. The minimum Gasteiger partial charge on any atom is -0.449 e. The zero-order chi connectivity index (χ0) is 17.0. The number of H-pyrrole nitrogens is 1. The second-order valence-electron chi connectivity index (χ2n) is 6.17. The Morgan fingerprint density at radius 2 is 2.13 bits per heavy atom. The SMILES string of the molecule is CCCCOC(=O)Nc1cc2[nH]c(C(C)C)nc2cc1N(C)C. The summed E-state index contributed by atoms with van der Waals surface area (Å²) in [5, 5.41) is 2.83. The van der Waals surface area contributed by atoms with Gasteiger partial charge in [0, 0.05) is 20.0 Å². The van der Waals surface area contributed by atoms with E-state index < -0.39 is 6.09 Å². The standard InChI is InChI=1S/C17H26N4O2/c1-6-7-8-23-17(22)20-14-9-12-13(10-15(14)21(4)5)19-16(18-12)11(2)3/h9-11H,6-8H2,1-5H3,(H,18,19)(H,20,22). The van der Waals surface area contributed by atoms with E-state index >= 15 is 0 Å². The molecule has 2 N–H and O–H groups in total. The molecule has 1 heterocycles. The van der Waals surface area contributed by atoms with Gasteiger partial charge in [0.2, 0.25) is 0 Å². The third kappa shape index (κ3) is 4.15. The topological polar surface area (TPSA) is 70.2 Å². The first-order valence-corrected chi connectivity index (χ1v) is 8.07. The highest BCUT2D eigenvalue weighted by Gasteiger charge is 2.14. The van der Waals surface area contributed by atoms with Crippen LogP contribution in [0.4, 0.5) is 16.2 Å². The van der Waals surface area contributed by atoms with Crippen LogP contribution in [0.2, 0.25) is 0 Å². The molecule has 0 aliphatic heterocycles. The van der Waals surface area contributed by atoms with Gasteiger partial charge in [-0.15, -0.1) is 0 Å². The van der Waals surface area contributed by atoms with E-state index in [0.29, 0.717) is 18.2 Å². The molecule has 0 saturated heterocycles. The summed E-state index contributed by atoms with van der Waals surface area (Å²) in [6.07, 6.45) is 1.43.